The Morgan fingerprint density at radius 1 is 1.53 bits per heavy atom. The molecule has 3 nitrogen and oxygen atoms in total. The van der Waals surface area contributed by atoms with Gasteiger partial charge in [-0.1, -0.05) is 12.1 Å². The largest absolute Gasteiger partial charge is 0.394 e. The number of aliphatic hydroxyl groups excluding tert-OH is 1. The predicted molar refractivity (Wildman–Crippen MR) is 64.6 cm³/mol. The summed E-state index contributed by atoms with van der Waals surface area (Å²) in [5, 5.41) is 10.2. The van der Waals surface area contributed by atoms with E-state index in [1.165, 1.54) is 0 Å². The third-order valence-electron chi connectivity index (χ3n) is 2.62. The molecule has 3 N–H and O–H groups in total. The van der Waals surface area contributed by atoms with Gasteiger partial charge in [0, 0.05) is 22.6 Å². The van der Waals surface area contributed by atoms with E-state index in [1.807, 2.05) is 35.9 Å². The number of hydrogen-bond donors (Lipinski definition) is 2. The van der Waals surface area contributed by atoms with Crippen LogP contribution in [0, 0.1) is 0 Å². The Labute approximate surface area is 96.6 Å². The summed E-state index contributed by atoms with van der Waals surface area (Å²) < 4.78 is 3.05. The van der Waals surface area contributed by atoms with Crippen LogP contribution in [0.15, 0.2) is 28.7 Å². The first-order chi connectivity index (χ1) is 7.15. The Balaban J connectivity index is 2.70. The molecule has 0 aliphatic heterocycles. The molecule has 1 aromatic heterocycles. The van der Waals surface area contributed by atoms with Crippen molar-refractivity contribution in [3.8, 4) is 0 Å². The van der Waals surface area contributed by atoms with Crippen molar-refractivity contribution in [3.63, 3.8) is 0 Å². The quantitative estimate of drug-likeness (QED) is 0.875. The van der Waals surface area contributed by atoms with Crippen molar-refractivity contribution in [2.45, 2.75) is 6.04 Å². The monoisotopic (exact) mass is 268 g/mol. The van der Waals surface area contributed by atoms with Crippen LogP contribution >= 0.6 is 15.9 Å². The van der Waals surface area contributed by atoms with Crippen molar-refractivity contribution >= 4 is 26.8 Å². The average molecular weight is 269 g/mol. The second-order valence-corrected chi connectivity index (χ2v) is 4.45. The second kappa shape index (κ2) is 3.96. The van der Waals surface area contributed by atoms with Crippen LogP contribution in [0.4, 0.5) is 0 Å². The van der Waals surface area contributed by atoms with Gasteiger partial charge in [0.25, 0.3) is 0 Å². The number of fused-ring (bicyclic) bond motifs is 1. The molecule has 0 radical (unpaired) electrons. The number of aliphatic hydroxyl groups is 1. The highest BCUT2D eigenvalue weighted by atomic mass is 79.9. The second-order valence-electron chi connectivity index (χ2n) is 3.59. The van der Waals surface area contributed by atoms with Crippen molar-refractivity contribution < 1.29 is 5.11 Å². The first-order valence-corrected chi connectivity index (χ1v) is 5.54. The average Bonchev–Trinajstić information content (AvgIpc) is 2.56. The Morgan fingerprint density at radius 2 is 2.27 bits per heavy atom. The zero-order valence-electron chi connectivity index (χ0n) is 8.44. The molecule has 0 saturated carbocycles. The molecule has 1 aromatic carbocycles. The van der Waals surface area contributed by atoms with Gasteiger partial charge in [-0.25, -0.2) is 0 Å². The van der Waals surface area contributed by atoms with Gasteiger partial charge in [-0.3, -0.25) is 0 Å². The molecule has 0 fully saturated rings. The van der Waals surface area contributed by atoms with Crippen LogP contribution in [-0.4, -0.2) is 16.3 Å². The summed E-state index contributed by atoms with van der Waals surface area (Å²) in [4.78, 5) is 0. The molecule has 2 aromatic rings. The lowest BCUT2D eigenvalue weighted by Gasteiger charge is -2.10. The lowest BCUT2D eigenvalue weighted by molar-refractivity contribution is 0.264. The van der Waals surface area contributed by atoms with Gasteiger partial charge in [-0.15, -0.1) is 0 Å². The normalized spacial score (nSPS) is 13.3. The smallest absolute Gasteiger partial charge is 0.0685 e. The summed E-state index contributed by atoms with van der Waals surface area (Å²) >= 11 is 3.51. The Hall–Kier alpha value is -0.840. The fourth-order valence-corrected chi connectivity index (χ4v) is 2.48. The van der Waals surface area contributed by atoms with Crippen LogP contribution in [0.2, 0.25) is 0 Å². The minimum atomic E-state index is -0.325. The Bertz CT molecular complexity index is 493. The van der Waals surface area contributed by atoms with Crippen molar-refractivity contribution in [3.05, 3.63) is 34.4 Å². The molecule has 2 rings (SSSR count). The van der Waals surface area contributed by atoms with E-state index in [-0.39, 0.29) is 12.6 Å². The molecule has 4 heteroatoms. The summed E-state index contributed by atoms with van der Waals surface area (Å²) in [6.07, 6.45) is 0. The van der Waals surface area contributed by atoms with Crippen LogP contribution in [0.3, 0.4) is 0 Å². The van der Waals surface area contributed by atoms with Crippen LogP contribution in [0.25, 0.3) is 10.9 Å². The number of nitrogens with two attached hydrogens (primary N) is 1. The number of hydrogen-bond acceptors (Lipinski definition) is 2. The first kappa shape index (κ1) is 10.7. The number of aromatic nitrogens is 1. The predicted octanol–water partition coefficient (Wildman–Crippen LogP) is 1.93. The maximum atomic E-state index is 9.06. The van der Waals surface area contributed by atoms with E-state index in [0.717, 1.165) is 21.1 Å². The molecular weight excluding hydrogens is 256 g/mol. The molecule has 0 saturated heterocycles. The number of rotatable bonds is 2. The number of aryl methyl sites for hydroxylation is 1. The molecule has 0 amide bonds. The van der Waals surface area contributed by atoms with Gasteiger partial charge in [-0.2, -0.15) is 0 Å². The zero-order valence-corrected chi connectivity index (χ0v) is 10.0. The third-order valence-corrected chi connectivity index (χ3v) is 3.26. The minimum Gasteiger partial charge on any atom is -0.394 e. The molecule has 1 heterocycles. The topological polar surface area (TPSA) is 51.2 Å². The van der Waals surface area contributed by atoms with E-state index in [2.05, 4.69) is 15.9 Å². The fraction of sp³-hybridized carbons (Fsp3) is 0.273. The highest BCUT2D eigenvalue weighted by molar-refractivity contribution is 9.10. The van der Waals surface area contributed by atoms with E-state index >= 15 is 0 Å². The molecule has 0 spiro atoms. The van der Waals surface area contributed by atoms with Gasteiger partial charge in [0.2, 0.25) is 0 Å². The van der Waals surface area contributed by atoms with Gasteiger partial charge < -0.3 is 15.4 Å². The van der Waals surface area contributed by atoms with Gasteiger partial charge in [0.05, 0.1) is 18.2 Å². The molecule has 1 atom stereocenters. The number of benzene rings is 1. The van der Waals surface area contributed by atoms with Crippen LogP contribution in [0.5, 0.6) is 0 Å². The molecule has 0 aliphatic rings. The Kier molecular flexibility index (Phi) is 2.82. The highest BCUT2D eigenvalue weighted by Gasteiger charge is 2.13. The zero-order chi connectivity index (χ0) is 11.0. The van der Waals surface area contributed by atoms with Gasteiger partial charge in [-0.05, 0) is 28.1 Å². The van der Waals surface area contributed by atoms with Crippen molar-refractivity contribution in [1.29, 1.82) is 0 Å². The van der Waals surface area contributed by atoms with Gasteiger partial charge in [0.1, 0.15) is 0 Å². The van der Waals surface area contributed by atoms with Crippen molar-refractivity contribution in [2.75, 3.05) is 6.61 Å². The maximum Gasteiger partial charge on any atom is 0.0685 e. The molecule has 0 bridgehead atoms. The summed E-state index contributed by atoms with van der Waals surface area (Å²) in [6, 6.07) is 7.71. The number of para-hydroxylation sites is 1. The van der Waals surface area contributed by atoms with Crippen LogP contribution in [0.1, 0.15) is 11.7 Å². The van der Waals surface area contributed by atoms with Crippen LogP contribution in [-0.2, 0) is 7.05 Å². The lowest BCUT2D eigenvalue weighted by Crippen LogP contribution is -2.17. The molecule has 15 heavy (non-hydrogen) atoms. The summed E-state index contributed by atoms with van der Waals surface area (Å²) in [5.41, 5.74) is 7.87. The summed E-state index contributed by atoms with van der Waals surface area (Å²) in [6.45, 7) is -0.0399. The third kappa shape index (κ3) is 1.69. The van der Waals surface area contributed by atoms with E-state index in [1.54, 1.807) is 0 Å². The standard InChI is InChI=1S/C11H13BrN2O/c1-14-10(9(13)6-15)5-7-3-2-4-8(12)11(7)14/h2-5,9,15H,6,13H2,1H3. The SMILES string of the molecule is Cn1c(C(N)CO)cc2cccc(Br)c21. The minimum absolute atomic E-state index is 0.0399. The first-order valence-electron chi connectivity index (χ1n) is 4.75. The number of halogens is 1. The lowest BCUT2D eigenvalue weighted by atomic mass is 10.2. The molecule has 80 valence electrons. The molecular formula is C11H13BrN2O. The Morgan fingerprint density at radius 3 is 2.87 bits per heavy atom. The van der Waals surface area contributed by atoms with E-state index in [9.17, 15) is 0 Å². The highest BCUT2D eigenvalue weighted by Crippen LogP contribution is 2.28. The van der Waals surface area contributed by atoms with Crippen LogP contribution < -0.4 is 5.73 Å². The van der Waals surface area contributed by atoms with Gasteiger partial charge >= 0.3 is 0 Å². The molecule has 0 aliphatic carbocycles. The summed E-state index contributed by atoms with van der Waals surface area (Å²) in [7, 11) is 1.96. The number of nitrogens with zero attached hydrogens (tertiary/aromatic N) is 1. The van der Waals surface area contributed by atoms with E-state index < -0.39 is 0 Å². The van der Waals surface area contributed by atoms with E-state index in [0.29, 0.717) is 0 Å². The van der Waals surface area contributed by atoms with Crippen molar-refractivity contribution in [1.82, 2.24) is 4.57 Å². The summed E-state index contributed by atoms with van der Waals surface area (Å²) in [5.74, 6) is 0. The van der Waals surface area contributed by atoms with E-state index in [4.69, 9.17) is 10.8 Å². The maximum absolute atomic E-state index is 9.06. The van der Waals surface area contributed by atoms with Gasteiger partial charge in [0.15, 0.2) is 0 Å². The molecule has 1 unspecified atom stereocenters. The fourth-order valence-electron chi connectivity index (χ4n) is 1.84. The van der Waals surface area contributed by atoms with Crippen molar-refractivity contribution in [2.24, 2.45) is 12.8 Å².